The predicted octanol–water partition coefficient (Wildman–Crippen LogP) is -0.405. The van der Waals surface area contributed by atoms with Crippen LogP contribution in [-0.2, 0) is 4.79 Å². The number of anilines is 1. The first kappa shape index (κ1) is 14.2. The Kier molecular flexibility index (Phi) is 4.14. The lowest BCUT2D eigenvalue weighted by Gasteiger charge is -2.26. The number of rotatable bonds is 5. The molecule has 0 saturated carbocycles. The fourth-order valence-corrected chi connectivity index (χ4v) is 1.83. The first-order valence-electron chi connectivity index (χ1n) is 6.35. The molecule has 2 heterocycles. The van der Waals surface area contributed by atoms with Gasteiger partial charge in [-0.25, -0.2) is 15.0 Å². The monoisotopic (exact) mass is 277 g/mol. The number of fused-ring (bicyclic) bond motifs is 1. The minimum atomic E-state index is -0.0169. The lowest BCUT2D eigenvalue weighted by Crippen LogP contribution is -2.44. The summed E-state index contributed by atoms with van der Waals surface area (Å²) in [4.78, 5) is 30.9. The van der Waals surface area contributed by atoms with E-state index in [1.807, 2.05) is 14.0 Å². The fraction of sp³-hybridized carbons (Fsp3) is 0.500. The van der Waals surface area contributed by atoms with Gasteiger partial charge in [-0.3, -0.25) is 4.79 Å². The van der Waals surface area contributed by atoms with Crippen LogP contribution in [-0.4, -0.2) is 64.0 Å². The van der Waals surface area contributed by atoms with Crippen molar-refractivity contribution in [2.24, 2.45) is 5.73 Å². The molecule has 3 N–H and O–H groups in total. The molecule has 108 valence electrons. The van der Waals surface area contributed by atoms with Gasteiger partial charge < -0.3 is 20.5 Å². The quantitative estimate of drug-likeness (QED) is 0.770. The number of aromatic amines is 1. The summed E-state index contributed by atoms with van der Waals surface area (Å²) in [5, 5.41) is 0. The summed E-state index contributed by atoms with van der Waals surface area (Å²) in [6, 6.07) is 0.00784. The molecule has 1 atom stereocenters. The van der Waals surface area contributed by atoms with Crippen molar-refractivity contribution in [3.63, 3.8) is 0 Å². The van der Waals surface area contributed by atoms with Gasteiger partial charge in [-0.1, -0.05) is 0 Å². The van der Waals surface area contributed by atoms with Crippen LogP contribution in [0, 0.1) is 0 Å². The van der Waals surface area contributed by atoms with E-state index in [1.54, 1.807) is 23.2 Å². The summed E-state index contributed by atoms with van der Waals surface area (Å²) >= 11 is 0. The summed E-state index contributed by atoms with van der Waals surface area (Å²) < 4.78 is 0. The Morgan fingerprint density at radius 2 is 2.15 bits per heavy atom. The highest BCUT2D eigenvalue weighted by molar-refractivity contribution is 5.87. The van der Waals surface area contributed by atoms with E-state index in [0.717, 1.165) is 5.52 Å². The molecule has 2 aromatic rings. The molecule has 8 heteroatoms. The Labute approximate surface area is 117 Å². The molecule has 0 aliphatic carbocycles. The number of nitrogens with one attached hydrogen (secondary N) is 1. The molecule has 0 bridgehead atoms. The number of carbonyl (C=O) groups is 1. The fourth-order valence-electron chi connectivity index (χ4n) is 1.83. The maximum Gasteiger partial charge on any atom is 0.242 e. The Balaban J connectivity index is 2.14. The van der Waals surface area contributed by atoms with Gasteiger partial charge in [-0.05, 0) is 6.92 Å². The van der Waals surface area contributed by atoms with E-state index in [4.69, 9.17) is 5.73 Å². The van der Waals surface area contributed by atoms with Crippen molar-refractivity contribution in [3.8, 4) is 0 Å². The number of carbonyl (C=O) groups excluding carboxylic acids is 1. The molecule has 1 unspecified atom stereocenters. The zero-order chi connectivity index (χ0) is 14.7. The molecule has 0 radical (unpaired) electrons. The number of nitrogens with two attached hydrogens (primary N) is 1. The molecule has 2 rings (SSSR count). The summed E-state index contributed by atoms with van der Waals surface area (Å²) in [5.74, 6) is 0.631. The van der Waals surface area contributed by atoms with Crippen LogP contribution < -0.4 is 10.6 Å². The third-order valence-electron chi connectivity index (χ3n) is 3.33. The van der Waals surface area contributed by atoms with E-state index in [0.29, 0.717) is 18.0 Å². The summed E-state index contributed by atoms with van der Waals surface area (Å²) in [5.41, 5.74) is 6.87. The van der Waals surface area contributed by atoms with Gasteiger partial charge in [0.1, 0.15) is 11.8 Å². The van der Waals surface area contributed by atoms with Crippen molar-refractivity contribution in [2.45, 2.75) is 13.0 Å². The van der Waals surface area contributed by atoms with E-state index in [-0.39, 0.29) is 18.5 Å². The van der Waals surface area contributed by atoms with Gasteiger partial charge in [0.15, 0.2) is 11.5 Å². The van der Waals surface area contributed by atoms with Crippen LogP contribution in [0.5, 0.6) is 0 Å². The molecule has 0 spiro atoms. The lowest BCUT2D eigenvalue weighted by atomic mass is 10.3. The molecule has 2 aromatic heterocycles. The smallest absolute Gasteiger partial charge is 0.242 e. The topological polar surface area (TPSA) is 104 Å². The van der Waals surface area contributed by atoms with E-state index < -0.39 is 0 Å². The number of amides is 1. The summed E-state index contributed by atoms with van der Waals surface area (Å²) in [6.45, 7) is 2.56. The van der Waals surface area contributed by atoms with Crippen LogP contribution in [0.4, 0.5) is 5.82 Å². The van der Waals surface area contributed by atoms with Crippen LogP contribution >= 0.6 is 0 Å². The van der Waals surface area contributed by atoms with Gasteiger partial charge >= 0.3 is 0 Å². The molecule has 0 fully saturated rings. The van der Waals surface area contributed by atoms with Gasteiger partial charge in [0.2, 0.25) is 5.91 Å². The van der Waals surface area contributed by atoms with Gasteiger partial charge in [-0.15, -0.1) is 0 Å². The molecule has 0 aliphatic rings. The molecule has 20 heavy (non-hydrogen) atoms. The number of hydrogen-bond donors (Lipinski definition) is 2. The first-order chi connectivity index (χ1) is 9.54. The van der Waals surface area contributed by atoms with Crippen molar-refractivity contribution in [2.75, 3.05) is 32.1 Å². The molecule has 0 aromatic carbocycles. The molecular formula is C12H19N7O. The SMILES string of the molecule is CC(CN)N(C)C(=O)CN(C)c1ncnc2nc[nH]c12. The second-order valence-corrected chi connectivity index (χ2v) is 4.74. The number of nitrogens with zero attached hydrogens (tertiary/aromatic N) is 5. The molecule has 1 amide bonds. The molecular weight excluding hydrogens is 258 g/mol. The minimum absolute atomic E-state index is 0.00784. The normalized spacial score (nSPS) is 12.4. The van der Waals surface area contributed by atoms with E-state index >= 15 is 0 Å². The van der Waals surface area contributed by atoms with Crippen LogP contribution in [0.25, 0.3) is 11.2 Å². The van der Waals surface area contributed by atoms with Crippen molar-refractivity contribution < 1.29 is 4.79 Å². The molecule has 0 aliphatic heterocycles. The van der Waals surface area contributed by atoms with Crippen molar-refractivity contribution >= 4 is 22.9 Å². The summed E-state index contributed by atoms with van der Waals surface area (Å²) in [7, 11) is 3.56. The zero-order valence-electron chi connectivity index (χ0n) is 11.9. The Hall–Kier alpha value is -2.22. The Morgan fingerprint density at radius 3 is 2.85 bits per heavy atom. The molecule has 0 saturated heterocycles. The highest BCUT2D eigenvalue weighted by Gasteiger charge is 2.18. The third kappa shape index (κ3) is 2.69. The van der Waals surface area contributed by atoms with Crippen LogP contribution in [0.2, 0.25) is 0 Å². The van der Waals surface area contributed by atoms with Gasteiger partial charge in [0, 0.05) is 26.7 Å². The highest BCUT2D eigenvalue weighted by atomic mass is 16.2. The lowest BCUT2D eigenvalue weighted by molar-refractivity contribution is -0.129. The average Bonchev–Trinajstić information content (AvgIpc) is 2.93. The van der Waals surface area contributed by atoms with Gasteiger partial charge in [0.05, 0.1) is 12.9 Å². The number of H-pyrrole nitrogens is 1. The largest absolute Gasteiger partial charge is 0.348 e. The predicted molar refractivity (Wildman–Crippen MR) is 76.2 cm³/mol. The zero-order valence-corrected chi connectivity index (χ0v) is 11.9. The van der Waals surface area contributed by atoms with Crippen molar-refractivity contribution in [3.05, 3.63) is 12.7 Å². The van der Waals surface area contributed by atoms with Gasteiger partial charge in [-0.2, -0.15) is 0 Å². The van der Waals surface area contributed by atoms with E-state index in [1.165, 1.54) is 6.33 Å². The Bertz CT molecular complexity index is 596. The van der Waals surface area contributed by atoms with Crippen molar-refractivity contribution in [1.29, 1.82) is 0 Å². The minimum Gasteiger partial charge on any atom is -0.348 e. The second kappa shape index (κ2) is 5.83. The van der Waals surface area contributed by atoms with E-state index in [2.05, 4.69) is 19.9 Å². The Morgan fingerprint density at radius 1 is 1.40 bits per heavy atom. The number of imidazole rings is 1. The van der Waals surface area contributed by atoms with Crippen molar-refractivity contribution in [1.82, 2.24) is 24.8 Å². The maximum atomic E-state index is 12.2. The number of hydrogen-bond acceptors (Lipinski definition) is 6. The second-order valence-electron chi connectivity index (χ2n) is 4.74. The molecule has 8 nitrogen and oxygen atoms in total. The van der Waals surface area contributed by atoms with E-state index in [9.17, 15) is 4.79 Å². The van der Waals surface area contributed by atoms with Gasteiger partial charge in [0.25, 0.3) is 0 Å². The van der Waals surface area contributed by atoms with Crippen LogP contribution in [0.3, 0.4) is 0 Å². The highest BCUT2D eigenvalue weighted by Crippen LogP contribution is 2.18. The maximum absolute atomic E-state index is 12.2. The third-order valence-corrected chi connectivity index (χ3v) is 3.33. The van der Waals surface area contributed by atoms with Crippen LogP contribution in [0.1, 0.15) is 6.92 Å². The number of aromatic nitrogens is 4. The number of likely N-dealkylation sites (N-methyl/N-ethyl adjacent to an activating group) is 2. The average molecular weight is 277 g/mol. The van der Waals surface area contributed by atoms with Crippen LogP contribution in [0.15, 0.2) is 12.7 Å². The standard InChI is InChI=1S/C12H19N7O/c1-8(4-13)19(3)9(20)5-18(2)12-10-11(15-6-14-10)16-7-17-12/h6-8H,4-5,13H2,1-3H3,(H,14,15,16,17). The first-order valence-corrected chi connectivity index (χ1v) is 6.35. The summed E-state index contributed by atoms with van der Waals surface area (Å²) in [6.07, 6.45) is 2.99.